The molecule has 1 aliphatic rings. The van der Waals surface area contributed by atoms with Crippen molar-refractivity contribution >= 4 is 22.9 Å². The van der Waals surface area contributed by atoms with Crippen molar-refractivity contribution in [1.82, 2.24) is 14.3 Å². The quantitative estimate of drug-likeness (QED) is 0.353. The molecule has 0 spiro atoms. The number of pyridine rings is 1. The number of para-hydroxylation sites is 2. The van der Waals surface area contributed by atoms with Gasteiger partial charge in [0.1, 0.15) is 5.65 Å². The van der Waals surface area contributed by atoms with Crippen LogP contribution in [0.5, 0.6) is 5.75 Å². The molecule has 0 radical (unpaired) electrons. The molecule has 0 amide bonds. The molecular weight excluding hydrogens is 465 g/mol. The molecule has 34 heavy (non-hydrogen) atoms. The van der Waals surface area contributed by atoms with Crippen molar-refractivity contribution < 1.29 is 17.9 Å². The monoisotopic (exact) mass is 486 g/mol. The Morgan fingerprint density at radius 1 is 0.882 bits per heavy atom. The Labute approximate surface area is 200 Å². The second-order valence-electron chi connectivity index (χ2n) is 8.12. The summed E-state index contributed by atoms with van der Waals surface area (Å²) in [6.07, 6.45) is -2.73. The summed E-state index contributed by atoms with van der Waals surface area (Å²) in [7, 11) is 0. The third-order valence-corrected chi connectivity index (χ3v) is 6.18. The summed E-state index contributed by atoms with van der Waals surface area (Å²) < 4.78 is 44.8. The van der Waals surface area contributed by atoms with Gasteiger partial charge in [-0.15, -0.1) is 13.2 Å². The van der Waals surface area contributed by atoms with Crippen LogP contribution in [-0.4, -0.2) is 46.8 Å². The van der Waals surface area contributed by atoms with Gasteiger partial charge in [0.2, 0.25) is 0 Å². The molecule has 1 saturated heterocycles. The Balaban J connectivity index is 1.36. The topological polar surface area (TPSA) is 33.0 Å². The summed E-state index contributed by atoms with van der Waals surface area (Å²) in [6.45, 7) is 3.23. The number of rotatable bonds is 5. The summed E-state index contributed by atoms with van der Waals surface area (Å²) in [4.78, 5) is 9.07. The van der Waals surface area contributed by atoms with Crippen molar-refractivity contribution in [3.8, 4) is 17.0 Å². The molecule has 1 fully saturated rings. The van der Waals surface area contributed by atoms with Gasteiger partial charge in [-0.05, 0) is 36.4 Å². The number of anilines is 1. The van der Waals surface area contributed by atoms with Gasteiger partial charge in [0.05, 0.1) is 17.1 Å². The van der Waals surface area contributed by atoms with Crippen molar-refractivity contribution in [3.63, 3.8) is 0 Å². The Kier molecular flexibility index (Phi) is 6.10. The zero-order valence-electron chi connectivity index (χ0n) is 18.2. The highest BCUT2D eigenvalue weighted by atomic mass is 35.5. The maximum atomic E-state index is 12.8. The number of alkyl halides is 3. The van der Waals surface area contributed by atoms with E-state index in [1.807, 2.05) is 53.6 Å². The average molecular weight is 487 g/mol. The largest absolute Gasteiger partial charge is 0.573 e. The smallest absolute Gasteiger partial charge is 0.404 e. The van der Waals surface area contributed by atoms with Crippen LogP contribution in [0.1, 0.15) is 5.69 Å². The molecule has 0 unspecified atom stereocenters. The number of imidazole rings is 1. The van der Waals surface area contributed by atoms with E-state index in [1.165, 1.54) is 6.07 Å². The standard InChI is InChI=1S/C25H22ClF3N4O/c26-19-10-8-18(9-11-19)24-21(33-12-4-3-7-23(33)30-24)17-31-13-15-32(16-14-31)20-5-1-2-6-22(20)34-25(27,28)29/h1-12H,13-17H2. The van der Waals surface area contributed by atoms with E-state index in [2.05, 4.69) is 14.0 Å². The molecule has 0 aliphatic carbocycles. The summed E-state index contributed by atoms with van der Waals surface area (Å²) in [6, 6.07) is 19.8. The van der Waals surface area contributed by atoms with Crippen LogP contribution in [-0.2, 0) is 6.54 Å². The van der Waals surface area contributed by atoms with E-state index < -0.39 is 6.36 Å². The van der Waals surface area contributed by atoms with Gasteiger partial charge in [0, 0.05) is 49.5 Å². The predicted octanol–water partition coefficient (Wildman–Crippen LogP) is 5.88. The zero-order valence-corrected chi connectivity index (χ0v) is 18.9. The van der Waals surface area contributed by atoms with Gasteiger partial charge in [0.15, 0.2) is 5.75 Å². The van der Waals surface area contributed by atoms with Crippen molar-refractivity contribution in [2.45, 2.75) is 12.9 Å². The summed E-state index contributed by atoms with van der Waals surface area (Å²) in [5.41, 5.74) is 4.26. The number of aromatic nitrogens is 2. The molecule has 1 aliphatic heterocycles. The molecule has 0 atom stereocenters. The number of ether oxygens (including phenoxy) is 1. The fraction of sp³-hybridized carbons (Fsp3) is 0.240. The van der Waals surface area contributed by atoms with E-state index in [-0.39, 0.29) is 5.75 Å². The van der Waals surface area contributed by atoms with Crippen LogP contribution in [0.25, 0.3) is 16.9 Å². The number of hydrogen-bond acceptors (Lipinski definition) is 4. The van der Waals surface area contributed by atoms with Crippen LogP contribution >= 0.6 is 11.6 Å². The average Bonchev–Trinajstić information content (AvgIpc) is 3.18. The number of nitrogens with zero attached hydrogens (tertiary/aromatic N) is 4. The first-order valence-electron chi connectivity index (χ1n) is 10.9. The summed E-state index contributed by atoms with van der Waals surface area (Å²) >= 11 is 6.07. The summed E-state index contributed by atoms with van der Waals surface area (Å²) in [5.74, 6) is -0.171. The molecule has 2 aromatic carbocycles. The van der Waals surface area contributed by atoms with Crippen LogP contribution < -0.4 is 9.64 Å². The second-order valence-corrected chi connectivity index (χ2v) is 8.56. The normalized spacial score (nSPS) is 15.1. The second kappa shape index (κ2) is 9.19. The number of piperazine rings is 1. The first-order chi connectivity index (χ1) is 16.4. The molecule has 3 heterocycles. The molecule has 0 N–H and O–H groups in total. The Morgan fingerprint density at radius 3 is 2.32 bits per heavy atom. The lowest BCUT2D eigenvalue weighted by Crippen LogP contribution is -2.46. The third kappa shape index (κ3) is 4.83. The van der Waals surface area contributed by atoms with E-state index in [1.54, 1.807) is 18.2 Å². The SMILES string of the molecule is FC(F)(F)Oc1ccccc1N1CCN(Cc2c(-c3ccc(Cl)cc3)nc3ccccn23)CC1. The first kappa shape index (κ1) is 22.6. The van der Waals surface area contributed by atoms with E-state index in [0.717, 1.165) is 22.6 Å². The van der Waals surface area contributed by atoms with Crippen molar-refractivity contribution in [2.24, 2.45) is 0 Å². The van der Waals surface area contributed by atoms with Crippen LogP contribution in [0.4, 0.5) is 18.9 Å². The van der Waals surface area contributed by atoms with Gasteiger partial charge in [-0.25, -0.2) is 4.98 Å². The molecule has 0 saturated carbocycles. The Hall–Kier alpha value is -3.23. The van der Waals surface area contributed by atoms with Gasteiger partial charge in [-0.3, -0.25) is 4.90 Å². The highest BCUT2D eigenvalue weighted by Crippen LogP contribution is 2.34. The highest BCUT2D eigenvalue weighted by molar-refractivity contribution is 6.30. The van der Waals surface area contributed by atoms with E-state index >= 15 is 0 Å². The fourth-order valence-corrected chi connectivity index (χ4v) is 4.45. The van der Waals surface area contributed by atoms with E-state index in [9.17, 15) is 13.2 Å². The zero-order chi connectivity index (χ0) is 23.7. The molecule has 2 aromatic heterocycles. The van der Waals surface area contributed by atoms with Crippen LogP contribution in [0, 0.1) is 0 Å². The number of hydrogen-bond donors (Lipinski definition) is 0. The van der Waals surface area contributed by atoms with Gasteiger partial charge in [-0.1, -0.05) is 41.9 Å². The number of fused-ring (bicyclic) bond motifs is 1. The molecule has 5 nitrogen and oxygen atoms in total. The molecule has 5 rings (SSSR count). The van der Waals surface area contributed by atoms with E-state index in [0.29, 0.717) is 43.4 Å². The lowest BCUT2D eigenvalue weighted by atomic mass is 10.1. The highest BCUT2D eigenvalue weighted by Gasteiger charge is 2.33. The number of halogens is 4. The molecule has 176 valence electrons. The Bertz CT molecular complexity index is 1280. The minimum absolute atomic E-state index is 0.171. The van der Waals surface area contributed by atoms with Crippen LogP contribution in [0.15, 0.2) is 72.9 Å². The van der Waals surface area contributed by atoms with Crippen LogP contribution in [0.3, 0.4) is 0 Å². The Morgan fingerprint density at radius 2 is 1.59 bits per heavy atom. The third-order valence-electron chi connectivity index (χ3n) is 5.92. The maximum absolute atomic E-state index is 12.8. The molecule has 0 bridgehead atoms. The van der Waals surface area contributed by atoms with Gasteiger partial charge < -0.3 is 14.0 Å². The molecular formula is C25H22ClF3N4O. The lowest BCUT2D eigenvalue weighted by Gasteiger charge is -2.36. The van der Waals surface area contributed by atoms with Crippen molar-refractivity contribution in [2.75, 3.05) is 31.1 Å². The van der Waals surface area contributed by atoms with E-state index in [4.69, 9.17) is 16.6 Å². The minimum Gasteiger partial charge on any atom is -0.404 e. The first-order valence-corrected chi connectivity index (χ1v) is 11.3. The van der Waals surface area contributed by atoms with Gasteiger partial charge in [0.25, 0.3) is 0 Å². The summed E-state index contributed by atoms with van der Waals surface area (Å²) in [5, 5.41) is 0.667. The molecule has 9 heteroatoms. The van der Waals surface area contributed by atoms with Crippen molar-refractivity contribution in [3.05, 3.63) is 83.6 Å². The maximum Gasteiger partial charge on any atom is 0.573 e. The lowest BCUT2D eigenvalue weighted by molar-refractivity contribution is -0.274. The fourth-order valence-electron chi connectivity index (χ4n) is 4.32. The van der Waals surface area contributed by atoms with Gasteiger partial charge >= 0.3 is 6.36 Å². The molecule has 4 aromatic rings. The van der Waals surface area contributed by atoms with Crippen LogP contribution in [0.2, 0.25) is 5.02 Å². The number of benzene rings is 2. The van der Waals surface area contributed by atoms with Crippen molar-refractivity contribution in [1.29, 1.82) is 0 Å². The van der Waals surface area contributed by atoms with Gasteiger partial charge in [-0.2, -0.15) is 0 Å². The minimum atomic E-state index is -4.72. The predicted molar refractivity (Wildman–Crippen MR) is 126 cm³/mol.